The van der Waals surface area contributed by atoms with Crippen LogP contribution in [0.4, 0.5) is 13.2 Å². The fraction of sp³-hybridized carbons (Fsp3) is 0.455. The molecule has 1 aromatic heterocycles. The molecule has 4 nitrogen and oxygen atoms in total. The maximum Gasteiger partial charge on any atom is 0.406 e. The summed E-state index contributed by atoms with van der Waals surface area (Å²) in [5.41, 5.74) is -2.50. The Hall–Kier alpha value is -1.63. The molecule has 2 heterocycles. The van der Waals surface area contributed by atoms with Gasteiger partial charge < -0.3 is 10.4 Å². The summed E-state index contributed by atoms with van der Waals surface area (Å²) in [7, 11) is 0. The minimum absolute atomic E-state index is 0.0303. The van der Waals surface area contributed by atoms with Crippen LogP contribution in [-0.2, 0) is 4.79 Å². The molecule has 2 N–H and O–H groups in total. The van der Waals surface area contributed by atoms with Gasteiger partial charge in [0, 0.05) is 31.4 Å². The quantitative estimate of drug-likeness (QED) is 0.843. The minimum atomic E-state index is -4.82. The van der Waals surface area contributed by atoms with E-state index in [9.17, 15) is 18.0 Å². The van der Waals surface area contributed by atoms with Gasteiger partial charge in [-0.05, 0) is 11.6 Å². The lowest BCUT2D eigenvalue weighted by Gasteiger charge is -2.32. The van der Waals surface area contributed by atoms with Gasteiger partial charge in [-0.1, -0.05) is 6.07 Å². The molecule has 2 atom stereocenters. The molecule has 0 aliphatic carbocycles. The van der Waals surface area contributed by atoms with Crippen LogP contribution in [0.2, 0.25) is 0 Å². The van der Waals surface area contributed by atoms with Crippen molar-refractivity contribution in [3.63, 3.8) is 0 Å². The van der Waals surface area contributed by atoms with Crippen LogP contribution in [0.3, 0.4) is 0 Å². The zero-order valence-electron chi connectivity index (χ0n) is 9.24. The molecule has 0 aromatic carbocycles. The summed E-state index contributed by atoms with van der Waals surface area (Å²) in [6.07, 6.45) is -2.11. The van der Waals surface area contributed by atoms with Crippen molar-refractivity contribution < 1.29 is 23.1 Å². The zero-order valence-corrected chi connectivity index (χ0v) is 9.24. The third-order valence-corrected chi connectivity index (χ3v) is 3.32. The maximum atomic E-state index is 13.2. The SMILES string of the molecule is O=C(O)C1(C(F)(F)F)CNCC1c1cccnc1. The van der Waals surface area contributed by atoms with Crippen LogP contribution in [-0.4, -0.2) is 35.3 Å². The number of halogens is 3. The van der Waals surface area contributed by atoms with Crippen molar-refractivity contribution in [1.29, 1.82) is 0 Å². The summed E-state index contributed by atoms with van der Waals surface area (Å²) in [5, 5.41) is 11.6. The normalized spacial score (nSPS) is 28.3. The van der Waals surface area contributed by atoms with Crippen molar-refractivity contribution in [2.45, 2.75) is 12.1 Å². The van der Waals surface area contributed by atoms with Crippen LogP contribution >= 0.6 is 0 Å². The molecule has 2 unspecified atom stereocenters. The second kappa shape index (κ2) is 4.24. The highest BCUT2D eigenvalue weighted by Gasteiger charge is 2.67. The summed E-state index contributed by atoms with van der Waals surface area (Å²) in [6.45, 7) is -0.650. The number of carboxylic acids is 1. The van der Waals surface area contributed by atoms with Gasteiger partial charge in [-0.25, -0.2) is 0 Å². The second-order valence-electron chi connectivity index (χ2n) is 4.24. The van der Waals surface area contributed by atoms with E-state index in [1.807, 2.05) is 0 Å². The van der Waals surface area contributed by atoms with E-state index in [0.717, 1.165) is 0 Å². The Labute approximate surface area is 101 Å². The number of aromatic nitrogens is 1. The first kappa shape index (κ1) is 12.8. The van der Waals surface area contributed by atoms with Gasteiger partial charge in [0.05, 0.1) is 0 Å². The lowest BCUT2D eigenvalue weighted by molar-refractivity contribution is -0.229. The predicted octanol–water partition coefficient (Wildman–Crippen LogP) is 1.40. The number of hydrogen-bond donors (Lipinski definition) is 2. The average Bonchev–Trinajstić information content (AvgIpc) is 2.75. The van der Waals surface area contributed by atoms with Gasteiger partial charge in [0.1, 0.15) is 0 Å². The van der Waals surface area contributed by atoms with Gasteiger partial charge >= 0.3 is 12.1 Å². The molecule has 0 radical (unpaired) electrons. The molecule has 1 fully saturated rings. The van der Waals surface area contributed by atoms with Crippen LogP contribution in [0.15, 0.2) is 24.5 Å². The van der Waals surface area contributed by atoms with Crippen molar-refractivity contribution >= 4 is 5.97 Å². The van der Waals surface area contributed by atoms with Gasteiger partial charge in [0.25, 0.3) is 0 Å². The molecule has 2 rings (SSSR count). The Morgan fingerprint density at radius 2 is 2.28 bits per heavy atom. The summed E-state index contributed by atoms with van der Waals surface area (Å²) >= 11 is 0. The van der Waals surface area contributed by atoms with Crippen molar-refractivity contribution in [2.75, 3.05) is 13.1 Å². The molecular formula is C11H11F3N2O2. The first-order valence-electron chi connectivity index (χ1n) is 5.30. The number of pyridine rings is 1. The second-order valence-corrected chi connectivity index (χ2v) is 4.24. The highest BCUT2D eigenvalue weighted by molar-refractivity contribution is 5.78. The van der Waals surface area contributed by atoms with E-state index >= 15 is 0 Å². The van der Waals surface area contributed by atoms with Crippen molar-refractivity contribution in [1.82, 2.24) is 10.3 Å². The molecule has 1 aromatic rings. The van der Waals surface area contributed by atoms with Crippen LogP contribution in [0.1, 0.15) is 11.5 Å². The average molecular weight is 260 g/mol. The van der Waals surface area contributed by atoms with Crippen LogP contribution < -0.4 is 5.32 Å². The zero-order chi connectivity index (χ0) is 13.4. The maximum absolute atomic E-state index is 13.2. The molecule has 18 heavy (non-hydrogen) atoms. The van der Waals surface area contributed by atoms with Crippen LogP contribution in [0.5, 0.6) is 0 Å². The van der Waals surface area contributed by atoms with Crippen molar-refractivity contribution in [3.05, 3.63) is 30.1 Å². The standard InChI is InChI=1S/C11H11F3N2O2/c12-11(13,14)10(9(17)18)6-16-5-8(10)7-2-1-3-15-4-7/h1-4,8,16H,5-6H2,(H,17,18). The van der Waals surface area contributed by atoms with Gasteiger partial charge in [-0.3, -0.25) is 9.78 Å². The third kappa shape index (κ3) is 1.74. The smallest absolute Gasteiger partial charge is 0.406 e. The van der Waals surface area contributed by atoms with Crippen LogP contribution in [0.25, 0.3) is 0 Å². The first-order valence-corrected chi connectivity index (χ1v) is 5.30. The lowest BCUT2D eigenvalue weighted by Crippen LogP contribution is -2.50. The van der Waals surface area contributed by atoms with E-state index in [1.54, 1.807) is 0 Å². The topological polar surface area (TPSA) is 62.2 Å². The number of nitrogens with one attached hydrogen (secondary N) is 1. The Morgan fingerprint density at radius 3 is 2.78 bits per heavy atom. The largest absolute Gasteiger partial charge is 0.481 e. The third-order valence-electron chi connectivity index (χ3n) is 3.32. The minimum Gasteiger partial charge on any atom is -0.481 e. The van der Waals surface area contributed by atoms with Crippen molar-refractivity contribution in [2.24, 2.45) is 5.41 Å². The Kier molecular flexibility index (Phi) is 3.02. The fourth-order valence-corrected chi connectivity index (χ4v) is 2.34. The van der Waals surface area contributed by atoms with E-state index in [4.69, 9.17) is 5.11 Å². The first-order chi connectivity index (χ1) is 8.39. The number of rotatable bonds is 2. The Bertz CT molecular complexity index is 449. The fourth-order valence-electron chi connectivity index (χ4n) is 2.34. The summed E-state index contributed by atoms with van der Waals surface area (Å²) in [5.74, 6) is -3.02. The molecule has 0 spiro atoms. The van der Waals surface area contributed by atoms with Gasteiger partial charge in [0.2, 0.25) is 0 Å². The lowest BCUT2D eigenvalue weighted by atomic mass is 9.74. The summed E-state index contributed by atoms with van der Waals surface area (Å²) in [6, 6.07) is 2.96. The monoisotopic (exact) mass is 260 g/mol. The van der Waals surface area contributed by atoms with E-state index in [0.29, 0.717) is 0 Å². The number of nitrogens with zero attached hydrogens (tertiary/aromatic N) is 1. The molecule has 0 bridgehead atoms. The van der Waals surface area contributed by atoms with Gasteiger partial charge in [-0.15, -0.1) is 0 Å². The van der Waals surface area contributed by atoms with E-state index in [2.05, 4.69) is 10.3 Å². The molecular weight excluding hydrogens is 249 g/mol. The Balaban J connectivity index is 2.50. The summed E-state index contributed by atoms with van der Waals surface area (Å²) < 4.78 is 39.5. The number of alkyl halides is 3. The van der Waals surface area contributed by atoms with Crippen molar-refractivity contribution in [3.8, 4) is 0 Å². The molecule has 0 saturated carbocycles. The molecule has 7 heteroatoms. The van der Waals surface area contributed by atoms with Gasteiger partial charge in [-0.2, -0.15) is 13.2 Å². The molecule has 1 aliphatic heterocycles. The molecule has 98 valence electrons. The molecule has 0 amide bonds. The number of hydrogen-bond acceptors (Lipinski definition) is 3. The molecule has 1 saturated heterocycles. The summed E-state index contributed by atoms with van der Waals surface area (Å²) in [4.78, 5) is 14.9. The van der Waals surface area contributed by atoms with E-state index in [-0.39, 0.29) is 12.1 Å². The van der Waals surface area contributed by atoms with E-state index < -0.39 is 30.0 Å². The Morgan fingerprint density at radius 1 is 1.56 bits per heavy atom. The number of carbonyl (C=O) groups is 1. The van der Waals surface area contributed by atoms with Gasteiger partial charge in [0.15, 0.2) is 5.41 Å². The van der Waals surface area contributed by atoms with E-state index in [1.165, 1.54) is 24.5 Å². The molecule has 1 aliphatic rings. The number of aliphatic carboxylic acids is 1. The highest BCUT2D eigenvalue weighted by atomic mass is 19.4. The predicted molar refractivity (Wildman–Crippen MR) is 56.0 cm³/mol. The highest BCUT2D eigenvalue weighted by Crippen LogP contribution is 2.50. The number of carboxylic acid groups (broad SMARTS) is 1. The van der Waals surface area contributed by atoms with Crippen LogP contribution in [0, 0.1) is 5.41 Å².